The smallest absolute Gasteiger partial charge is 0.261 e. The van der Waals surface area contributed by atoms with E-state index in [1.54, 1.807) is 7.05 Å². The number of nitrogens with zero attached hydrogens (tertiary/aromatic N) is 2. The molecule has 2 aromatic carbocycles. The van der Waals surface area contributed by atoms with Gasteiger partial charge in [-0.15, -0.1) is 11.3 Å². The van der Waals surface area contributed by atoms with Crippen molar-refractivity contribution in [1.29, 1.82) is 0 Å². The van der Waals surface area contributed by atoms with E-state index < -0.39 is 0 Å². The Hall–Kier alpha value is -3.13. The van der Waals surface area contributed by atoms with E-state index in [0.29, 0.717) is 36.2 Å². The van der Waals surface area contributed by atoms with E-state index in [9.17, 15) is 9.59 Å². The molecule has 0 unspecified atom stereocenters. The van der Waals surface area contributed by atoms with Crippen LogP contribution >= 0.6 is 22.9 Å². The summed E-state index contributed by atoms with van der Waals surface area (Å²) >= 11 is 7.63. The van der Waals surface area contributed by atoms with Gasteiger partial charge in [0.25, 0.3) is 5.91 Å². The molecule has 1 fully saturated rings. The number of halogens is 1. The zero-order valence-electron chi connectivity index (χ0n) is 18.7. The third kappa shape index (κ3) is 4.22. The van der Waals surface area contributed by atoms with Crippen molar-refractivity contribution in [2.24, 2.45) is 0 Å². The van der Waals surface area contributed by atoms with Gasteiger partial charge in [-0.2, -0.15) is 0 Å². The van der Waals surface area contributed by atoms with Crippen LogP contribution in [0.3, 0.4) is 0 Å². The van der Waals surface area contributed by atoms with E-state index in [2.05, 4.69) is 17.4 Å². The lowest BCUT2D eigenvalue weighted by molar-refractivity contribution is -0.135. The highest BCUT2D eigenvalue weighted by Gasteiger charge is 2.26. The van der Waals surface area contributed by atoms with Gasteiger partial charge < -0.3 is 19.5 Å². The fourth-order valence-corrected chi connectivity index (χ4v) is 5.65. The van der Waals surface area contributed by atoms with Gasteiger partial charge in [0.05, 0.1) is 34.0 Å². The van der Waals surface area contributed by atoms with E-state index in [-0.39, 0.29) is 18.4 Å². The summed E-state index contributed by atoms with van der Waals surface area (Å²) in [5, 5.41) is 3.36. The van der Waals surface area contributed by atoms with Gasteiger partial charge in [0.2, 0.25) is 5.91 Å². The van der Waals surface area contributed by atoms with Gasteiger partial charge in [-0.1, -0.05) is 54.1 Å². The maximum atomic E-state index is 13.3. The summed E-state index contributed by atoms with van der Waals surface area (Å²) in [6.45, 7) is 2.43. The number of hydrogen-bond donors (Lipinski definition) is 1. The molecule has 2 aromatic heterocycles. The summed E-state index contributed by atoms with van der Waals surface area (Å²) in [6, 6.07) is 19.6. The fraction of sp³-hybridized carbons (Fsp3) is 0.231. The van der Waals surface area contributed by atoms with Crippen molar-refractivity contribution in [2.45, 2.75) is 6.54 Å². The molecule has 1 saturated heterocycles. The standard InChI is InChI=1S/C26H24ClN3O3S/c1-28-26(32)21-15-20-25(34-21)23(17-5-3-2-4-6-17)24(18-7-9-19(27)10-8-18)30(20)16-22(31)29-11-13-33-14-12-29/h2-10,15H,11-14,16H2,1H3,(H,28,32). The predicted octanol–water partition coefficient (Wildman–Crippen LogP) is 4.91. The Labute approximate surface area is 206 Å². The molecule has 3 heterocycles. The Bertz CT molecular complexity index is 1340. The van der Waals surface area contributed by atoms with Crippen molar-refractivity contribution in [3.05, 3.63) is 70.6 Å². The lowest BCUT2D eigenvalue weighted by Crippen LogP contribution is -2.42. The average molecular weight is 494 g/mol. The summed E-state index contributed by atoms with van der Waals surface area (Å²) in [7, 11) is 1.62. The second kappa shape index (κ2) is 9.62. The van der Waals surface area contributed by atoms with E-state index in [4.69, 9.17) is 16.3 Å². The van der Waals surface area contributed by atoms with Crippen LogP contribution in [0.4, 0.5) is 0 Å². The summed E-state index contributed by atoms with van der Waals surface area (Å²) in [6.07, 6.45) is 0. The SMILES string of the molecule is CNC(=O)c1cc2c(s1)c(-c1ccccc1)c(-c1ccc(Cl)cc1)n2CC(=O)N1CCOCC1. The molecular formula is C26H24ClN3O3S. The lowest BCUT2D eigenvalue weighted by Gasteiger charge is -2.27. The van der Waals surface area contributed by atoms with Crippen molar-refractivity contribution in [3.63, 3.8) is 0 Å². The highest BCUT2D eigenvalue weighted by Crippen LogP contribution is 2.44. The zero-order chi connectivity index (χ0) is 23.7. The molecule has 1 N–H and O–H groups in total. The number of carbonyl (C=O) groups is 2. The number of fused-ring (bicyclic) bond motifs is 1. The molecule has 8 heteroatoms. The number of thiophene rings is 1. The molecule has 174 valence electrons. The minimum Gasteiger partial charge on any atom is -0.378 e. The number of amides is 2. The highest BCUT2D eigenvalue weighted by atomic mass is 35.5. The average Bonchev–Trinajstić information content (AvgIpc) is 3.43. The van der Waals surface area contributed by atoms with Crippen molar-refractivity contribution < 1.29 is 14.3 Å². The van der Waals surface area contributed by atoms with Crippen LogP contribution in [0.15, 0.2) is 60.7 Å². The third-order valence-electron chi connectivity index (χ3n) is 6.03. The van der Waals surface area contributed by atoms with E-state index in [1.165, 1.54) is 11.3 Å². The van der Waals surface area contributed by atoms with Gasteiger partial charge in [-0.25, -0.2) is 0 Å². The summed E-state index contributed by atoms with van der Waals surface area (Å²) in [5.41, 5.74) is 4.80. The third-order valence-corrected chi connectivity index (χ3v) is 7.42. The molecule has 1 aliphatic heterocycles. The normalized spacial score (nSPS) is 13.9. The molecule has 0 aliphatic carbocycles. The summed E-state index contributed by atoms with van der Waals surface area (Å²) < 4.78 is 8.44. The summed E-state index contributed by atoms with van der Waals surface area (Å²) in [4.78, 5) is 28.3. The quantitative estimate of drug-likeness (QED) is 0.429. The van der Waals surface area contributed by atoms with Crippen LogP contribution in [0.25, 0.3) is 32.6 Å². The number of ether oxygens (including phenoxy) is 1. The molecule has 34 heavy (non-hydrogen) atoms. The second-order valence-corrected chi connectivity index (χ2v) is 9.57. The maximum Gasteiger partial charge on any atom is 0.261 e. The number of carbonyl (C=O) groups excluding carboxylic acids is 2. The minimum absolute atomic E-state index is 0.0303. The van der Waals surface area contributed by atoms with Gasteiger partial charge >= 0.3 is 0 Å². The minimum atomic E-state index is -0.140. The van der Waals surface area contributed by atoms with Crippen LogP contribution in [-0.2, 0) is 16.1 Å². The molecule has 0 saturated carbocycles. The molecule has 2 amide bonds. The van der Waals surface area contributed by atoms with Crippen molar-refractivity contribution in [2.75, 3.05) is 33.4 Å². The molecule has 0 radical (unpaired) electrons. The number of nitrogens with one attached hydrogen (secondary N) is 1. The van der Waals surface area contributed by atoms with Crippen LogP contribution in [0.2, 0.25) is 5.02 Å². The van der Waals surface area contributed by atoms with Crippen LogP contribution < -0.4 is 5.32 Å². The van der Waals surface area contributed by atoms with Crippen LogP contribution in [0, 0.1) is 0 Å². The monoisotopic (exact) mass is 493 g/mol. The molecule has 0 bridgehead atoms. The number of rotatable bonds is 5. The Morgan fingerprint density at radius 3 is 2.41 bits per heavy atom. The molecular weight excluding hydrogens is 470 g/mol. The Kier molecular flexibility index (Phi) is 6.41. The van der Waals surface area contributed by atoms with Crippen LogP contribution in [0.1, 0.15) is 9.67 Å². The molecule has 4 aromatic rings. The second-order valence-electron chi connectivity index (χ2n) is 8.08. The molecule has 0 spiro atoms. The predicted molar refractivity (Wildman–Crippen MR) is 136 cm³/mol. The molecule has 1 aliphatic rings. The van der Waals surface area contributed by atoms with Gasteiger partial charge in [-0.3, -0.25) is 9.59 Å². The van der Waals surface area contributed by atoms with Gasteiger partial charge in [-0.05, 0) is 29.3 Å². The first-order valence-corrected chi connectivity index (χ1v) is 12.3. The largest absolute Gasteiger partial charge is 0.378 e. The van der Waals surface area contributed by atoms with Crippen LogP contribution in [0.5, 0.6) is 0 Å². The van der Waals surface area contributed by atoms with Gasteiger partial charge in [0.1, 0.15) is 6.54 Å². The first-order chi connectivity index (χ1) is 16.6. The molecule has 6 nitrogen and oxygen atoms in total. The Morgan fingerprint density at radius 1 is 1.03 bits per heavy atom. The Balaban J connectivity index is 1.75. The van der Waals surface area contributed by atoms with Crippen molar-refractivity contribution in [1.82, 2.24) is 14.8 Å². The number of morpholine rings is 1. The number of aromatic nitrogens is 1. The van der Waals surface area contributed by atoms with Gasteiger partial charge in [0, 0.05) is 30.7 Å². The first-order valence-electron chi connectivity index (χ1n) is 11.1. The van der Waals surface area contributed by atoms with E-state index in [1.807, 2.05) is 58.0 Å². The highest BCUT2D eigenvalue weighted by molar-refractivity contribution is 7.21. The summed E-state index contributed by atoms with van der Waals surface area (Å²) in [5.74, 6) is -0.109. The fourth-order valence-electron chi connectivity index (χ4n) is 4.35. The van der Waals surface area contributed by atoms with Crippen LogP contribution in [-0.4, -0.2) is 54.6 Å². The first kappa shape index (κ1) is 22.7. The maximum absolute atomic E-state index is 13.3. The van der Waals surface area contributed by atoms with Gasteiger partial charge in [0.15, 0.2) is 0 Å². The number of benzene rings is 2. The van der Waals surface area contributed by atoms with Crippen molar-refractivity contribution >= 4 is 45.0 Å². The molecule has 5 rings (SSSR count). The topological polar surface area (TPSA) is 63.6 Å². The van der Waals surface area contributed by atoms with E-state index >= 15 is 0 Å². The lowest BCUT2D eigenvalue weighted by atomic mass is 10.0. The number of hydrogen-bond acceptors (Lipinski definition) is 4. The Morgan fingerprint density at radius 2 is 1.74 bits per heavy atom. The van der Waals surface area contributed by atoms with Crippen molar-refractivity contribution in [3.8, 4) is 22.4 Å². The zero-order valence-corrected chi connectivity index (χ0v) is 20.3. The molecule has 0 atom stereocenters. The van der Waals surface area contributed by atoms with E-state index in [0.717, 1.165) is 32.6 Å².